The minimum atomic E-state index is -0.281. The first-order valence-electron chi connectivity index (χ1n) is 5.08. The second-order valence-corrected chi connectivity index (χ2v) is 3.71. The van der Waals surface area contributed by atoms with Crippen LogP contribution in [0.15, 0.2) is 12.3 Å². The third kappa shape index (κ3) is 2.21. The highest BCUT2D eigenvalue weighted by Crippen LogP contribution is 2.14. The summed E-state index contributed by atoms with van der Waals surface area (Å²) in [6.07, 6.45) is 1.43. The van der Waals surface area contributed by atoms with Crippen LogP contribution in [0, 0.1) is 6.92 Å². The summed E-state index contributed by atoms with van der Waals surface area (Å²) in [5, 5.41) is 3.23. The Bertz CT molecular complexity index is 390. The molecule has 6 heteroatoms. The van der Waals surface area contributed by atoms with Gasteiger partial charge in [0, 0.05) is 19.3 Å². The summed E-state index contributed by atoms with van der Waals surface area (Å²) in [7, 11) is 1.39. The number of aryl methyl sites for hydroxylation is 1. The molecule has 6 nitrogen and oxygen atoms in total. The van der Waals surface area contributed by atoms with Crippen molar-refractivity contribution >= 4 is 11.9 Å². The number of ether oxygens (including phenoxy) is 1. The van der Waals surface area contributed by atoms with Crippen molar-refractivity contribution < 1.29 is 9.53 Å². The standard InChI is InChI=1S/C10H14N4O2/c1-7-11-4-3-9(12-7)13-8-5-14(6-8)10(15)16-2/h3-4,8H,5-6H2,1-2H3,(H,11,12,13). The normalized spacial score (nSPS) is 15.5. The van der Waals surface area contributed by atoms with Gasteiger partial charge in [-0.2, -0.15) is 0 Å². The Labute approximate surface area is 93.6 Å². The molecule has 1 amide bonds. The zero-order valence-electron chi connectivity index (χ0n) is 9.30. The quantitative estimate of drug-likeness (QED) is 0.795. The first-order chi connectivity index (χ1) is 7.69. The van der Waals surface area contributed by atoms with Crippen molar-refractivity contribution in [1.29, 1.82) is 0 Å². The van der Waals surface area contributed by atoms with E-state index in [2.05, 4.69) is 20.0 Å². The number of hydrogen-bond acceptors (Lipinski definition) is 5. The zero-order chi connectivity index (χ0) is 11.5. The number of aromatic nitrogens is 2. The molecule has 0 unspecified atom stereocenters. The molecular weight excluding hydrogens is 208 g/mol. The topological polar surface area (TPSA) is 67.3 Å². The van der Waals surface area contributed by atoms with Gasteiger partial charge in [0.25, 0.3) is 0 Å². The first-order valence-corrected chi connectivity index (χ1v) is 5.08. The van der Waals surface area contributed by atoms with E-state index in [1.807, 2.05) is 13.0 Å². The van der Waals surface area contributed by atoms with E-state index in [0.29, 0.717) is 13.1 Å². The highest BCUT2D eigenvalue weighted by Gasteiger charge is 2.31. The molecule has 0 aromatic carbocycles. The Kier molecular flexibility index (Phi) is 2.89. The molecule has 16 heavy (non-hydrogen) atoms. The van der Waals surface area contributed by atoms with E-state index in [1.54, 1.807) is 11.1 Å². The van der Waals surface area contributed by atoms with Crippen molar-refractivity contribution in [1.82, 2.24) is 14.9 Å². The van der Waals surface area contributed by atoms with Gasteiger partial charge in [0.1, 0.15) is 11.6 Å². The number of rotatable bonds is 2. The van der Waals surface area contributed by atoms with Crippen LogP contribution in [0.25, 0.3) is 0 Å². The number of nitrogens with zero attached hydrogens (tertiary/aromatic N) is 3. The van der Waals surface area contributed by atoms with E-state index in [9.17, 15) is 4.79 Å². The summed E-state index contributed by atoms with van der Waals surface area (Å²) in [4.78, 5) is 21.0. The molecule has 1 aromatic heterocycles. The smallest absolute Gasteiger partial charge is 0.409 e. The number of carbonyl (C=O) groups is 1. The molecule has 1 aliphatic heterocycles. The van der Waals surface area contributed by atoms with Gasteiger partial charge in [-0.1, -0.05) is 0 Å². The molecule has 0 aliphatic carbocycles. The molecular formula is C10H14N4O2. The van der Waals surface area contributed by atoms with Crippen LogP contribution < -0.4 is 5.32 Å². The highest BCUT2D eigenvalue weighted by atomic mass is 16.5. The molecule has 1 N–H and O–H groups in total. The molecule has 86 valence electrons. The van der Waals surface area contributed by atoms with Crippen molar-refractivity contribution in [3.05, 3.63) is 18.1 Å². The number of anilines is 1. The monoisotopic (exact) mass is 222 g/mol. The molecule has 0 spiro atoms. The number of carbonyl (C=O) groups excluding carboxylic acids is 1. The Morgan fingerprint density at radius 2 is 2.38 bits per heavy atom. The number of methoxy groups -OCH3 is 1. The molecule has 1 saturated heterocycles. The number of nitrogens with one attached hydrogen (secondary N) is 1. The molecule has 2 rings (SSSR count). The van der Waals surface area contributed by atoms with Crippen LogP contribution in [0.2, 0.25) is 0 Å². The van der Waals surface area contributed by atoms with Crippen LogP contribution >= 0.6 is 0 Å². The Balaban J connectivity index is 1.84. The van der Waals surface area contributed by atoms with Gasteiger partial charge in [0.05, 0.1) is 13.2 Å². The maximum atomic E-state index is 11.1. The van der Waals surface area contributed by atoms with Crippen molar-refractivity contribution in [2.45, 2.75) is 13.0 Å². The lowest BCUT2D eigenvalue weighted by Gasteiger charge is -2.38. The molecule has 2 heterocycles. The summed E-state index contributed by atoms with van der Waals surface area (Å²) in [5.74, 6) is 1.52. The molecule has 1 aliphatic rings. The number of amides is 1. The fraction of sp³-hybridized carbons (Fsp3) is 0.500. The van der Waals surface area contributed by atoms with E-state index in [1.165, 1.54) is 7.11 Å². The molecule has 1 aromatic rings. The maximum Gasteiger partial charge on any atom is 0.409 e. The first kappa shape index (κ1) is 10.7. The van der Waals surface area contributed by atoms with E-state index in [4.69, 9.17) is 0 Å². The predicted octanol–water partition coefficient (Wildman–Crippen LogP) is 0.648. The van der Waals surface area contributed by atoms with Gasteiger partial charge in [-0.05, 0) is 13.0 Å². The lowest BCUT2D eigenvalue weighted by molar-refractivity contribution is 0.0929. The highest BCUT2D eigenvalue weighted by molar-refractivity contribution is 5.69. The lowest BCUT2D eigenvalue weighted by Crippen LogP contribution is -2.57. The van der Waals surface area contributed by atoms with Crippen molar-refractivity contribution in [2.24, 2.45) is 0 Å². The van der Waals surface area contributed by atoms with Gasteiger partial charge in [0.2, 0.25) is 0 Å². The second-order valence-electron chi connectivity index (χ2n) is 3.71. The van der Waals surface area contributed by atoms with Crippen LogP contribution in [-0.2, 0) is 4.74 Å². The van der Waals surface area contributed by atoms with Gasteiger partial charge >= 0.3 is 6.09 Å². The molecule has 0 saturated carbocycles. The lowest BCUT2D eigenvalue weighted by atomic mass is 10.1. The van der Waals surface area contributed by atoms with Crippen LogP contribution in [-0.4, -0.2) is 47.2 Å². The minimum absolute atomic E-state index is 0.244. The van der Waals surface area contributed by atoms with E-state index in [-0.39, 0.29) is 12.1 Å². The van der Waals surface area contributed by atoms with Crippen LogP contribution in [0.5, 0.6) is 0 Å². The number of hydrogen-bond donors (Lipinski definition) is 1. The third-order valence-corrected chi connectivity index (χ3v) is 2.44. The van der Waals surface area contributed by atoms with Crippen LogP contribution in [0.3, 0.4) is 0 Å². The van der Waals surface area contributed by atoms with Gasteiger partial charge in [-0.15, -0.1) is 0 Å². The van der Waals surface area contributed by atoms with Gasteiger partial charge in [0.15, 0.2) is 0 Å². The summed E-state index contributed by atoms with van der Waals surface area (Å²) in [6, 6.07) is 2.06. The zero-order valence-corrected chi connectivity index (χ0v) is 9.30. The average molecular weight is 222 g/mol. The predicted molar refractivity (Wildman–Crippen MR) is 58.2 cm³/mol. The van der Waals surface area contributed by atoms with Crippen molar-refractivity contribution in [2.75, 3.05) is 25.5 Å². The van der Waals surface area contributed by atoms with Crippen LogP contribution in [0.4, 0.5) is 10.6 Å². The Morgan fingerprint density at radius 1 is 1.62 bits per heavy atom. The molecule has 0 bridgehead atoms. The van der Waals surface area contributed by atoms with E-state index in [0.717, 1.165) is 11.6 Å². The third-order valence-electron chi connectivity index (χ3n) is 2.44. The Morgan fingerprint density at radius 3 is 3.00 bits per heavy atom. The van der Waals surface area contributed by atoms with Crippen molar-refractivity contribution in [3.8, 4) is 0 Å². The van der Waals surface area contributed by atoms with E-state index >= 15 is 0 Å². The minimum Gasteiger partial charge on any atom is -0.453 e. The average Bonchev–Trinajstić information content (AvgIpc) is 2.22. The molecule has 1 fully saturated rings. The molecule has 0 radical (unpaired) electrons. The largest absolute Gasteiger partial charge is 0.453 e. The van der Waals surface area contributed by atoms with Gasteiger partial charge in [-0.3, -0.25) is 0 Å². The SMILES string of the molecule is COC(=O)N1CC(Nc2ccnc(C)n2)C1. The summed E-state index contributed by atoms with van der Waals surface area (Å²) < 4.78 is 4.61. The van der Waals surface area contributed by atoms with Gasteiger partial charge < -0.3 is 15.0 Å². The summed E-state index contributed by atoms with van der Waals surface area (Å²) in [6.45, 7) is 3.14. The summed E-state index contributed by atoms with van der Waals surface area (Å²) in [5.41, 5.74) is 0. The fourth-order valence-corrected chi connectivity index (χ4v) is 1.59. The second kappa shape index (κ2) is 4.34. The van der Waals surface area contributed by atoms with Gasteiger partial charge in [-0.25, -0.2) is 14.8 Å². The Hall–Kier alpha value is -1.85. The maximum absolute atomic E-state index is 11.1. The molecule has 0 atom stereocenters. The van der Waals surface area contributed by atoms with Crippen LogP contribution in [0.1, 0.15) is 5.82 Å². The number of likely N-dealkylation sites (tertiary alicyclic amines) is 1. The summed E-state index contributed by atoms with van der Waals surface area (Å²) >= 11 is 0. The fourth-order valence-electron chi connectivity index (χ4n) is 1.59. The van der Waals surface area contributed by atoms with E-state index < -0.39 is 0 Å². The van der Waals surface area contributed by atoms with Crippen molar-refractivity contribution in [3.63, 3.8) is 0 Å².